The Morgan fingerprint density at radius 2 is 2.14 bits per heavy atom. The van der Waals surface area contributed by atoms with Gasteiger partial charge in [-0.3, -0.25) is 0 Å². The Bertz CT molecular complexity index is 473. The highest BCUT2D eigenvalue weighted by Gasteiger charge is 2.13. The van der Waals surface area contributed by atoms with Gasteiger partial charge in [0.15, 0.2) is 0 Å². The number of nitrogens with zero attached hydrogens (tertiary/aromatic N) is 3. The van der Waals surface area contributed by atoms with Gasteiger partial charge in [0.2, 0.25) is 5.95 Å². The molecule has 0 aliphatic carbocycles. The lowest BCUT2D eigenvalue weighted by molar-refractivity contribution is 0.0524. The fourth-order valence-electron chi connectivity index (χ4n) is 2.47. The van der Waals surface area contributed by atoms with Gasteiger partial charge in [-0.1, -0.05) is 6.42 Å². The summed E-state index contributed by atoms with van der Waals surface area (Å²) in [4.78, 5) is 22.6. The van der Waals surface area contributed by atoms with Crippen molar-refractivity contribution in [3.8, 4) is 0 Å². The quantitative estimate of drug-likeness (QED) is 0.807. The molecule has 0 saturated carbocycles. The molecule has 2 heterocycles. The number of rotatable bonds is 6. The molecule has 1 aliphatic rings. The van der Waals surface area contributed by atoms with Crippen molar-refractivity contribution < 1.29 is 9.53 Å². The zero-order valence-electron chi connectivity index (χ0n) is 12.9. The van der Waals surface area contributed by atoms with Gasteiger partial charge < -0.3 is 15.0 Å². The van der Waals surface area contributed by atoms with E-state index in [1.54, 1.807) is 13.8 Å². The van der Waals surface area contributed by atoms with Gasteiger partial charge in [-0.25, -0.2) is 14.8 Å². The van der Waals surface area contributed by atoms with E-state index in [-0.39, 0.29) is 5.97 Å². The number of likely N-dealkylation sites (tertiary alicyclic amines) is 1. The molecule has 6 nitrogen and oxygen atoms in total. The fourth-order valence-corrected chi connectivity index (χ4v) is 2.47. The number of esters is 1. The van der Waals surface area contributed by atoms with Crippen molar-refractivity contribution in [3.05, 3.63) is 17.5 Å². The molecule has 0 amide bonds. The van der Waals surface area contributed by atoms with Crippen LogP contribution in [0.15, 0.2) is 6.20 Å². The Morgan fingerprint density at radius 3 is 2.81 bits per heavy atom. The largest absolute Gasteiger partial charge is 0.462 e. The molecular formula is C15H24N4O2. The first-order valence-electron chi connectivity index (χ1n) is 7.67. The lowest BCUT2D eigenvalue weighted by Gasteiger charge is -2.26. The SMILES string of the molecule is CCOC(=O)c1cnc(NCCN2CCCCC2)nc1C. The summed E-state index contributed by atoms with van der Waals surface area (Å²) in [5.41, 5.74) is 1.07. The first kappa shape index (κ1) is 15.7. The fraction of sp³-hybridized carbons (Fsp3) is 0.667. The van der Waals surface area contributed by atoms with Crippen molar-refractivity contribution >= 4 is 11.9 Å². The van der Waals surface area contributed by atoms with Crippen LogP contribution >= 0.6 is 0 Å². The molecule has 1 N–H and O–H groups in total. The number of aryl methyl sites for hydroxylation is 1. The highest BCUT2D eigenvalue weighted by Crippen LogP contribution is 2.10. The molecule has 0 radical (unpaired) electrons. The molecule has 6 heteroatoms. The van der Waals surface area contributed by atoms with Crippen LogP contribution in [0.2, 0.25) is 0 Å². The standard InChI is InChI=1S/C15H24N4O2/c1-3-21-14(20)13-11-17-15(18-12(13)2)16-7-10-19-8-5-4-6-9-19/h11H,3-10H2,1-2H3,(H,16,17,18). The molecule has 1 fully saturated rings. The third kappa shape index (κ3) is 4.67. The van der Waals surface area contributed by atoms with Crippen LogP contribution in [0.1, 0.15) is 42.2 Å². The van der Waals surface area contributed by atoms with E-state index in [2.05, 4.69) is 20.2 Å². The lowest BCUT2D eigenvalue weighted by atomic mass is 10.1. The van der Waals surface area contributed by atoms with Gasteiger partial charge in [-0.05, 0) is 39.8 Å². The maximum absolute atomic E-state index is 11.7. The molecule has 2 rings (SSSR count). The van der Waals surface area contributed by atoms with Crippen LogP contribution in [0.25, 0.3) is 0 Å². The number of hydrogen-bond donors (Lipinski definition) is 1. The molecule has 21 heavy (non-hydrogen) atoms. The lowest BCUT2D eigenvalue weighted by Crippen LogP contribution is -2.33. The summed E-state index contributed by atoms with van der Waals surface area (Å²) < 4.78 is 4.96. The van der Waals surface area contributed by atoms with Gasteiger partial charge in [0.25, 0.3) is 0 Å². The number of ether oxygens (including phenoxy) is 1. The van der Waals surface area contributed by atoms with E-state index >= 15 is 0 Å². The minimum atomic E-state index is -0.366. The van der Waals surface area contributed by atoms with Gasteiger partial charge in [-0.2, -0.15) is 0 Å². The molecule has 0 aromatic carbocycles. The van der Waals surface area contributed by atoms with Crippen LogP contribution in [-0.4, -0.2) is 53.6 Å². The molecule has 0 bridgehead atoms. The van der Waals surface area contributed by atoms with Gasteiger partial charge >= 0.3 is 5.97 Å². The summed E-state index contributed by atoms with van der Waals surface area (Å²) in [5, 5.41) is 3.21. The van der Waals surface area contributed by atoms with Gasteiger partial charge in [0.1, 0.15) is 0 Å². The van der Waals surface area contributed by atoms with E-state index in [1.807, 2.05) is 0 Å². The summed E-state index contributed by atoms with van der Waals surface area (Å²) >= 11 is 0. The second-order valence-corrected chi connectivity index (χ2v) is 5.24. The van der Waals surface area contributed by atoms with Crippen LogP contribution < -0.4 is 5.32 Å². The zero-order valence-corrected chi connectivity index (χ0v) is 12.9. The van der Waals surface area contributed by atoms with Crippen molar-refractivity contribution in [2.45, 2.75) is 33.1 Å². The minimum absolute atomic E-state index is 0.355. The molecule has 1 saturated heterocycles. The summed E-state index contributed by atoms with van der Waals surface area (Å²) in [5.74, 6) is 0.201. The number of nitrogens with one attached hydrogen (secondary N) is 1. The predicted octanol–water partition coefficient (Wildman–Crippen LogP) is 1.86. The number of anilines is 1. The Labute approximate surface area is 125 Å². The molecule has 1 aromatic rings. The molecule has 0 atom stereocenters. The monoisotopic (exact) mass is 292 g/mol. The Balaban J connectivity index is 1.83. The highest BCUT2D eigenvalue weighted by molar-refractivity contribution is 5.90. The number of carbonyl (C=O) groups is 1. The number of hydrogen-bond acceptors (Lipinski definition) is 6. The summed E-state index contributed by atoms with van der Waals surface area (Å²) in [6, 6.07) is 0. The van der Waals surface area contributed by atoms with E-state index in [4.69, 9.17) is 4.74 Å². The van der Waals surface area contributed by atoms with Crippen LogP contribution in [0.4, 0.5) is 5.95 Å². The Kier molecular flexibility index (Phi) is 5.92. The first-order chi connectivity index (χ1) is 10.2. The van der Waals surface area contributed by atoms with Crippen molar-refractivity contribution in [1.82, 2.24) is 14.9 Å². The second kappa shape index (κ2) is 7.93. The van der Waals surface area contributed by atoms with E-state index in [0.717, 1.165) is 13.1 Å². The van der Waals surface area contributed by atoms with Gasteiger partial charge in [0.05, 0.1) is 17.9 Å². The normalized spacial score (nSPS) is 15.7. The van der Waals surface area contributed by atoms with Gasteiger partial charge in [0, 0.05) is 19.3 Å². The highest BCUT2D eigenvalue weighted by atomic mass is 16.5. The minimum Gasteiger partial charge on any atom is -0.462 e. The molecule has 1 aromatic heterocycles. The topological polar surface area (TPSA) is 67.3 Å². The Morgan fingerprint density at radius 1 is 1.38 bits per heavy atom. The average molecular weight is 292 g/mol. The zero-order chi connectivity index (χ0) is 15.1. The number of piperidine rings is 1. The van der Waals surface area contributed by atoms with Crippen LogP contribution in [0.3, 0.4) is 0 Å². The third-order valence-electron chi connectivity index (χ3n) is 3.63. The van der Waals surface area contributed by atoms with E-state index in [9.17, 15) is 4.79 Å². The third-order valence-corrected chi connectivity index (χ3v) is 3.63. The molecule has 1 aliphatic heterocycles. The van der Waals surface area contributed by atoms with Crippen molar-refractivity contribution in [2.24, 2.45) is 0 Å². The van der Waals surface area contributed by atoms with Crippen molar-refractivity contribution in [3.63, 3.8) is 0 Å². The van der Waals surface area contributed by atoms with Crippen molar-refractivity contribution in [1.29, 1.82) is 0 Å². The van der Waals surface area contributed by atoms with E-state index in [0.29, 0.717) is 23.8 Å². The number of carbonyl (C=O) groups excluding carboxylic acids is 1. The smallest absolute Gasteiger partial charge is 0.341 e. The van der Waals surface area contributed by atoms with Gasteiger partial charge in [-0.15, -0.1) is 0 Å². The Hall–Kier alpha value is -1.69. The predicted molar refractivity (Wildman–Crippen MR) is 81.5 cm³/mol. The number of aromatic nitrogens is 2. The van der Waals surface area contributed by atoms with Crippen molar-refractivity contribution in [2.75, 3.05) is 38.1 Å². The summed E-state index contributed by atoms with van der Waals surface area (Å²) in [7, 11) is 0. The molecule has 0 spiro atoms. The maximum Gasteiger partial charge on any atom is 0.341 e. The summed E-state index contributed by atoms with van der Waals surface area (Å²) in [6.45, 7) is 8.12. The molecular weight excluding hydrogens is 268 g/mol. The first-order valence-corrected chi connectivity index (χ1v) is 7.67. The summed E-state index contributed by atoms with van der Waals surface area (Å²) in [6.07, 6.45) is 5.47. The molecule has 0 unspecified atom stereocenters. The van der Waals surface area contributed by atoms with E-state index in [1.165, 1.54) is 38.5 Å². The second-order valence-electron chi connectivity index (χ2n) is 5.24. The molecule has 116 valence electrons. The van der Waals surface area contributed by atoms with Crippen LogP contribution in [0, 0.1) is 6.92 Å². The maximum atomic E-state index is 11.7. The van der Waals surface area contributed by atoms with Crippen LogP contribution in [0.5, 0.6) is 0 Å². The van der Waals surface area contributed by atoms with E-state index < -0.39 is 0 Å². The van der Waals surface area contributed by atoms with Crippen LogP contribution in [-0.2, 0) is 4.74 Å². The average Bonchev–Trinajstić information content (AvgIpc) is 2.48.